The number of methoxy groups -OCH3 is 2. The molecule has 1 unspecified atom stereocenters. The summed E-state index contributed by atoms with van der Waals surface area (Å²) >= 11 is 4.90. The smallest absolute Gasteiger partial charge is 0.355 e. The summed E-state index contributed by atoms with van der Waals surface area (Å²) < 4.78 is 25.1. The summed E-state index contributed by atoms with van der Waals surface area (Å²) in [5, 5.41) is 19.8. The number of hydrogen-bond acceptors (Lipinski definition) is 8. The first-order chi connectivity index (χ1) is 16.2. The summed E-state index contributed by atoms with van der Waals surface area (Å²) in [6.45, 7) is 0. The monoisotopic (exact) mass is 636 g/mol. The minimum absolute atomic E-state index is 0.0104. The van der Waals surface area contributed by atoms with Gasteiger partial charge in [0.05, 0.1) is 47.5 Å². The molecule has 1 aliphatic heterocycles. The fourth-order valence-corrected chi connectivity index (χ4v) is 5.33. The highest BCUT2D eigenvalue weighted by atomic mass is 127. The number of nitriles is 2. The van der Waals surface area contributed by atoms with Crippen molar-refractivity contribution in [1.29, 1.82) is 10.5 Å². The number of benzene rings is 2. The maximum Gasteiger partial charge on any atom is 0.355 e. The van der Waals surface area contributed by atoms with Gasteiger partial charge in [-0.05, 0) is 50.2 Å². The Kier molecular flexibility index (Phi) is 7.59. The number of esters is 2. The van der Waals surface area contributed by atoms with Crippen LogP contribution in [0.5, 0.6) is 0 Å². The Morgan fingerprint density at radius 2 is 1.76 bits per heavy atom. The lowest BCUT2D eigenvalue weighted by Gasteiger charge is -2.36. The first-order valence-electron chi connectivity index (χ1n) is 9.46. The van der Waals surface area contributed by atoms with E-state index in [1.807, 2.05) is 28.7 Å². The molecular formula is C23H15BrFIN4O4. The van der Waals surface area contributed by atoms with Crippen molar-refractivity contribution in [3.63, 3.8) is 0 Å². The third-order valence-corrected chi connectivity index (χ3v) is 6.49. The Labute approximate surface area is 216 Å². The molecule has 0 aliphatic carbocycles. The summed E-state index contributed by atoms with van der Waals surface area (Å²) in [6.07, 6.45) is 0. The van der Waals surface area contributed by atoms with Gasteiger partial charge in [-0.25, -0.2) is 14.0 Å². The lowest BCUT2D eigenvalue weighted by atomic mass is 9.80. The Morgan fingerprint density at radius 3 is 2.29 bits per heavy atom. The van der Waals surface area contributed by atoms with Crippen molar-refractivity contribution in [2.45, 2.75) is 5.92 Å². The predicted octanol–water partition coefficient (Wildman–Crippen LogP) is 3.96. The molecule has 1 heterocycles. The quantitative estimate of drug-likeness (QED) is 0.303. The minimum atomic E-state index is -1.08. The van der Waals surface area contributed by atoms with Gasteiger partial charge in [-0.2, -0.15) is 10.5 Å². The van der Waals surface area contributed by atoms with Gasteiger partial charge in [-0.3, -0.25) is 4.90 Å². The van der Waals surface area contributed by atoms with Crippen LogP contribution in [0.2, 0.25) is 0 Å². The van der Waals surface area contributed by atoms with Gasteiger partial charge in [0.2, 0.25) is 0 Å². The molecule has 11 heteroatoms. The number of carbonyl (C=O) groups is 2. The summed E-state index contributed by atoms with van der Waals surface area (Å²) in [7, 11) is 2.21. The fourth-order valence-electron chi connectivity index (χ4n) is 3.65. The van der Waals surface area contributed by atoms with Crippen LogP contribution in [0.15, 0.2) is 63.5 Å². The largest absolute Gasteiger partial charge is 0.466 e. The maximum atomic E-state index is 14.9. The molecule has 0 radical (unpaired) electrons. The molecule has 0 saturated carbocycles. The SMILES string of the molecule is COC(=O)C1=C(C(=O)OC)N(c2c(I)cc(Br)c(F)c2C#N)C(N)=C(C#N)C1c1ccccc1. The molecule has 8 nitrogen and oxygen atoms in total. The molecular weight excluding hydrogens is 622 g/mol. The average molecular weight is 637 g/mol. The highest BCUT2D eigenvalue weighted by Crippen LogP contribution is 2.45. The van der Waals surface area contributed by atoms with E-state index in [9.17, 15) is 24.5 Å². The topological polar surface area (TPSA) is 129 Å². The zero-order valence-electron chi connectivity index (χ0n) is 17.7. The number of nitrogens with two attached hydrogens (primary N) is 1. The van der Waals surface area contributed by atoms with E-state index in [1.165, 1.54) is 6.07 Å². The first-order valence-corrected chi connectivity index (χ1v) is 11.3. The van der Waals surface area contributed by atoms with E-state index in [-0.39, 0.29) is 27.1 Å². The Hall–Kier alpha value is -3.42. The van der Waals surface area contributed by atoms with E-state index in [4.69, 9.17) is 15.2 Å². The molecule has 2 N–H and O–H groups in total. The molecule has 2 aromatic rings. The van der Waals surface area contributed by atoms with Crippen LogP contribution in [0.1, 0.15) is 17.0 Å². The van der Waals surface area contributed by atoms with Crippen molar-refractivity contribution in [3.8, 4) is 12.1 Å². The van der Waals surface area contributed by atoms with Gasteiger partial charge in [0.25, 0.3) is 0 Å². The number of hydrogen-bond donors (Lipinski definition) is 1. The van der Waals surface area contributed by atoms with E-state index in [0.717, 1.165) is 19.1 Å². The van der Waals surface area contributed by atoms with E-state index >= 15 is 0 Å². The zero-order valence-corrected chi connectivity index (χ0v) is 21.5. The second kappa shape index (κ2) is 10.2. The van der Waals surface area contributed by atoms with Crippen LogP contribution in [0.25, 0.3) is 0 Å². The number of halogens is 3. The van der Waals surface area contributed by atoms with Crippen molar-refractivity contribution >= 4 is 56.1 Å². The molecule has 172 valence electrons. The van der Waals surface area contributed by atoms with Gasteiger partial charge in [-0.15, -0.1) is 0 Å². The summed E-state index contributed by atoms with van der Waals surface area (Å²) in [5.74, 6) is -4.17. The van der Waals surface area contributed by atoms with E-state index < -0.39 is 34.9 Å². The number of carbonyl (C=O) groups excluding carboxylic acids is 2. The Morgan fingerprint density at radius 1 is 1.15 bits per heavy atom. The average Bonchev–Trinajstić information content (AvgIpc) is 2.85. The molecule has 0 amide bonds. The van der Waals surface area contributed by atoms with Crippen molar-refractivity contribution in [3.05, 3.63) is 84.0 Å². The van der Waals surface area contributed by atoms with Gasteiger partial charge in [0.15, 0.2) is 5.82 Å². The zero-order chi connectivity index (χ0) is 25.2. The van der Waals surface area contributed by atoms with E-state index in [2.05, 4.69) is 15.9 Å². The van der Waals surface area contributed by atoms with Crippen LogP contribution in [0, 0.1) is 32.0 Å². The third kappa shape index (κ3) is 4.13. The van der Waals surface area contributed by atoms with Crippen molar-refractivity contribution in [1.82, 2.24) is 0 Å². The molecule has 3 rings (SSSR count). The number of rotatable bonds is 4. The van der Waals surface area contributed by atoms with Gasteiger partial charge in [-0.1, -0.05) is 30.3 Å². The molecule has 1 atom stereocenters. The molecule has 0 spiro atoms. The molecule has 0 aromatic heterocycles. The second-order valence-electron chi connectivity index (χ2n) is 6.82. The number of anilines is 1. The molecule has 1 aliphatic rings. The van der Waals surface area contributed by atoms with E-state index in [0.29, 0.717) is 9.13 Å². The standard InChI is InChI=1S/C23H15BrFIN4O4/c1-33-22(31)17-16(11-6-4-3-5-7-11)12(9-27)21(29)30(20(17)23(32)34-2)19-13(10-28)18(25)14(24)8-15(19)26/h3-8,16H,29H2,1-2H3. The Balaban J connectivity index is 2.54. The van der Waals surface area contributed by atoms with Crippen LogP contribution in [-0.2, 0) is 19.1 Å². The van der Waals surface area contributed by atoms with Gasteiger partial charge in [0.1, 0.15) is 23.2 Å². The molecule has 0 fully saturated rings. The normalized spacial score (nSPS) is 15.5. The van der Waals surface area contributed by atoms with Gasteiger partial charge >= 0.3 is 11.9 Å². The van der Waals surface area contributed by atoms with Crippen molar-refractivity contribution in [2.75, 3.05) is 19.1 Å². The minimum Gasteiger partial charge on any atom is -0.466 e. The van der Waals surface area contributed by atoms with Crippen LogP contribution < -0.4 is 10.6 Å². The maximum absolute atomic E-state index is 14.9. The highest BCUT2D eigenvalue weighted by molar-refractivity contribution is 14.1. The van der Waals surface area contributed by atoms with Crippen LogP contribution >= 0.6 is 38.5 Å². The predicted molar refractivity (Wildman–Crippen MR) is 131 cm³/mol. The lowest BCUT2D eigenvalue weighted by Crippen LogP contribution is -2.41. The van der Waals surface area contributed by atoms with Crippen LogP contribution in [0.4, 0.5) is 10.1 Å². The number of nitrogens with zero attached hydrogens (tertiary/aromatic N) is 3. The summed E-state index contributed by atoms with van der Waals surface area (Å²) in [6, 6.07) is 13.6. The number of ether oxygens (including phenoxy) is 2. The van der Waals surface area contributed by atoms with E-state index in [1.54, 1.807) is 36.4 Å². The van der Waals surface area contributed by atoms with Crippen molar-refractivity contribution in [2.24, 2.45) is 5.73 Å². The molecule has 0 saturated heterocycles. The Bertz CT molecular complexity index is 1350. The molecule has 34 heavy (non-hydrogen) atoms. The molecule has 2 aromatic carbocycles. The molecule has 0 bridgehead atoms. The summed E-state index contributed by atoms with van der Waals surface area (Å²) in [5.41, 5.74) is 5.58. The second-order valence-corrected chi connectivity index (χ2v) is 8.84. The first kappa shape index (κ1) is 25.2. The summed E-state index contributed by atoms with van der Waals surface area (Å²) in [4.78, 5) is 27.1. The lowest BCUT2D eigenvalue weighted by molar-refractivity contribution is -0.139. The van der Waals surface area contributed by atoms with Gasteiger partial charge < -0.3 is 15.2 Å². The number of allylic oxidation sites excluding steroid dienone is 1. The van der Waals surface area contributed by atoms with Crippen molar-refractivity contribution < 1.29 is 23.5 Å². The third-order valence-electron chi connectivity index (χ3n) is 5.09. The highest BCUT2D eigenvalue weighted by Gasteiger charge is 2.44. The fraction of sp³-hybridized carbons (Fsp3) is 0.130. The van der Waals surface area contributed by atoms with Crippen LogP contribution in [-0.4, -0.2) is 26.2 Å². The van der Waals surface area contributed by atoms with Crippen LogP contribution in [0.3, 0.4) is 0 Å². The van der Waals surface area contributed by atoms with Gasteiger partial charge in [0, 0.05) is 3.57 Å².